The van der Waals surface area contributed by atoms with Crippen molar-refractivity contribution in [2.24, 2.45) is 7.05 Å². The predicted molar refractivity (Wildman–Crippen MR) is 66.6 cm³/mol. The van der Waals surface area contributed by atoms with Crippen molar-refractivity contribution in [3.63, 3.8) is 0 Å². The predicted octanol–water partition coefficient (Wildman–Crippen LogP) is 2.08. The summed E-state index contributed by atoms with van der Waals surface area (Å²) < 4.78 is 7.54. The summed E-state index contributed by atoms with van der Waals surface area (Å²) in [4.78, 5) is 13.5. The van der Waals surface area contributed by atoms with Crippen LogP contribution in [0.2, 0.25) is 0 Å². The number of aryl methyl sites for hydroxylation is 1. The van der Waals surface area contributed by atoms with Gasteiger partial charge in [-0.2, -0.15) is 5.10 Å². The summed E-state index contributed by atoms with van der Waals surface area (Å²) >= 11 is 0. The molecule has 2 heterocycles. The summed E-state index contributed by atoms with van der Waals surface area (Å²) in [5, 5.41) is 4.16. The number of fused-ring (bicyclic) bond motifs is 2. The number of anilines is 1. The molecule has 5 nitrogen and oxygen atoms in total. The Balaban J connectivity index is 2.18. The molecule has 0 spiro atoms. The van der Waals surface area contributed by atoms with Crippen molar-refractivity contribution in [3.8, 4) is 11.6 Å². The SMILES string of the molecule is CC(=O)N1Cc2cnn(C)c2Oc2ccccc21. The van der Waals surface area contributed by atoms with Crippen LogP contribution >= 0.6 is 0 Å². The van der Waals surface area contributed by atoms with E-state index in [4.69, 9.17) is 4.74 Å². The first-order chi connectivity index (χ1) is 8.66. The summed E-state index contributed by atoms with van der Waals surface area (Å²) in [6.45, 7) is 2.04. The van der Waals surface area contributed by atoms with E-state index >= 15 is 0 Å². The average molecular weight is 243 g/mol. The first kappa shape index (κ1) is 10.8. The van der Waals surface area contributed by atoms with E-state index in [1.54, 1.807) is 22.7 Å². The van der Waals surface area contributed by atoms with Crippen molar-refractivity contribution >= 4 is 11.6 Å². The van der Waals surface area contributed by atoms with E-state index in [0.717, 1.165) is 11.3 Å². The van der Waals surface area contributed by atoms with Gasteiger partial charge in [-0.3, -0.25) is 4.79 Å². The van der Waals surface area contributed by atoms with Gasteiger partial charge in [-0.1, -0.05) is 12.1 Å². The van der Waals surface area contributed by atoms with E-state index in [1.165, 1.54) is 0 Å². The molecule has 3 rings (SSSR count). The minimum absolute atomic E-state index is 0.0113. The Morgan fingerprint density at radius 2 is 2.17 bits per heavy atom. The van der Waals surface area contributed by atoms with E-state index < -0.39 is 0 Å². The molecule has 1 amide bonds. The third-order valence-electron chi connectivity index (χ3n) is 3.03. The number of ether oxygens (including phenoxy) is 1. The normalized spacial score (nSPS) is 13.3. The van der Waals surface area contributed by atoms with Gasteiger partial charge in [0.2, 0.25) is 11.8 Å². The van der Waals surface area contributed by atoms with Crippen LogP contribution in [0.15, 0.2) is 30.5 Å². The molecule has 92 valence electrons. The lowest BCUT2D eigenvalue weighted by atomic mass is 10.2. The molecule has 0 saturated carbocycles. The van der Waals surface area contributed by atoms with Crippen molar-refractivity contribution in [2.75, 3.05) is 4.90 Å². The van der Waals surface area contributed by atoms with Crippen LogP contribution in [-0.2, 0) is 18.4 Å². The number of para-hydroxylation sites is 2. The molecule has 0 bridgehead atoms. The Morgan fingerprint density at radius 1 is 1.39 bits per heavy atom. The van der Waals surface area contributed by atoms with Crippen LogP contribution in [0.4, 0.5) is 5.69 Å². The zero-order valence-electron chi connectivity index (χ0n) is 10.3. The molecular formula is C13H13N3O2. The number of amides is 1. The highest BCUT2D eigenvalue weighted by Crippen LogP contribution is 2.38. The van der Waals surface area contributed by atoms with Gasteiger partial charge in [-0.15, -0.1) is 0 Å². The minimum Gasteiger partial charge on any atom is -0.437 e. The molecule has 1 aromatic carbocycles. The molecule has 1 aromatic heterocycles. The summed E-state index contributed by atoms with van der Waals surface area (Å²) in [6.07, 6.45) is 1.73. The second-order valence-corrected chi connectivity index (χ2v) is 4.27. The van der Waals surface area contributed by atoms with E-state index in [0.29, 0.717) is 18.2 Å². The summed E-state index contributed by atoms with van der Waals surface area (Å²) in [5.74, 6) is 1.35. The maximum absolute atomic E-state index is 11.8. The molecule has 2 aromatic rings. The van der Waals surface area contributed by atoms with Gasteiger partial charge >= 0.3 is 0 Å². The first-order valence-electron chi connectivity index (χ1n) is 5.72. The number of aromatic nitrogens is 2. The fraction of sp³-hybridized carbons (Fsp3) is 0.231. The Labute approximate surface area is 105 Å². The van der Waals surface area contributed by atoms with Crippen molar-refractivity contribution in [1.82, 2.24) is 9.78 Å². The fourth-order valence-corrected chi connectivity index (χ4v) is 2.12. The molecule has 0 radical (unpaired) electrons. The van der Waals surface area contributed by atoms with Crippen LogP contribution in [0.5, 0.6) is 11.6 Å². The third kappa shape index (κ3) is 1.55. The Kier molecular flexibility index (Phi) is 2.33. The number of rotatable bonds is 0. The van der Waals surface area contributed by atoms with Gasteiger partial charge < -0.3 is 9.64 Å². The molecule has 0 saturated heterocycles. The van der Waals surface area contributed by atoms with Crippen LogP contribution in [0.25, 0.3) is 0 Å². The first-order valence-corrected chi connectivity index (χ1v) is 5.72. The van der Waals surface area contributed by atoms with Gasteiger partial charge in [0.1, 0.15) is 0 Å². The second kappa shape index (κ2) is 3.87. The fourth-order valence-electron chi connectivity index (χ4n) is 2.12. The minimum atomic E-state index is -0.0113. The van der Waals surface area contributed by atoms with Crippen LogP contribution in [0, 0.1) is 0 Å². The molecule has 0 aliphatic carbocycles. The lowest BCUT2D eigenvalue weighted by Gasteiger charge is -2.19. The summed E-state index contributed by atoms with van der Waals surface area (Å²) in [5.41, 5.74) is 1.70. The number of hydrogen-bond donors (Lipinski definition) is 0. The monoisotopic (exact) mass is 243 g/mol. The van der Waals surface area contributed by atoms with Crippen LogP contribution in [0.1, 0.15) is 12.5 Å². The number of carbonyl (C=O) groups excluding carboxylic acids is 1. The topological polar surface area (TPSA) is 47.4 Å². The lowest BCUT2D eigenvalue weighted by molar-refractivity contribution is -0.116. The van der Waals surface area contributed by atoms with Crippen LogP contribution in [-0.4, -0.2) is 15.7 Å². The number of benzene rings is 1. The molecule has 0 fully saturated rings. The van der Waals surface area contributed by atoms with Gasteiger partial charge in [-0.05, 0) is 12.1 Å². The van der Waals surface area contributed by atoms with Crippen molar-refractivity contribution in [3.05, 3.63) is 36.0 Å². The van der Waals surface area contributed by atoms with Crippen molar-refractivity contribution in [1.29, 1.82) is 0 Å². The van der Waals surface area contributed by atoms with E-state index in [2.05, 4.69) is 5.10 Å². The van der Waals surface area contributed by atoms with Gasteiger partial charge in [0.25, 0.3) is 0 Å². The van der Waals surface area contributed by atoms with E-state index in [9.17, 15) is 4.79 Å². The molecule has 1 aliphatic rings. The van der Waals surface area contributed by atoms with Gasteiger partial charge in [0, 0.05) is 14.0 Å². The quantitative estimate of drug-likeness (QED) is 0.711. The second-order valence-electron chi connectivity index (χ2n) is 4.27. The number of hydrogen-bond acceptors (Lipinski definition) is 3. The number of carbonyl (C=O) groups is 1. The van der Waals surface area contributed by atoms with E-state index in [1.807, 2.05) is 31.3 Å². The Morgan fingerprint density at radius 3 is 2.94 bits per heavy atom. The smallest absolute Gasteiger partial charge is 0.224 e. The molecule has 0 atom stereocenters. The Bertz CT molecular complexity index is 618. The Hall–Kier alpha value is -2.30. The molecule has 0 unspecified atom stereocenters. The highest BCUT2D eigenvalue weighted by Gasteiger charge is 2.25. The highest BCUT2D eigenvalue weighted by atomic mass is 16.5. The zero-order chi connectivity index (χ0) is 12.7. The maximum Gasteiger partial charge on any atom is 0.224 e. The van der Waals surface area contributed by atoms with Crippen molar-refractivity contribution in [2.45, 2.75) is 13.5 Å². The van der Waals surface area contributed by atoms with Gasteiger partial charge in [0.05, 0.1) is 24.0 Å². The molecule has 1 aliphatic heterocycles. The summed E-state index contributed by atoms with van der Waals surface area (Å²) in [7, 11) is 1.82. The third-order valence-corrected chi connectivity index (χ3v) is 3.03. The molecule has 5 heteroatoms. The molecular weight excluding hydrogens is 230 g/mol. The zero-order valence-corrected chi connectivity index (χ0v) is 10.3. The lowest BCUT2D eigenvalue weighted by Crippen LogP contribution is -2.26. The van der Waals surface area contributed by atoms with Crippen LogP contribution < -0.4 is 9.64 Å². The van der Waals surface area contributed by atoms with E-state index in [-0.39, 0.29) is 5.91 Å². The largest absolute Gasteiger partial charge is 0.437 e. The average Bonchev–Trinajstić information content (AvgIpc) is 2.61. The maximum atomic E-state index is 11.8. The standard InChI is InChI=1S/C13H13N3O2/c1-9(17)16-8-10-7-14-15(2)13(10)18-12-6-4-3-5-11(12)16/h3-7H,8H2,1-2H3. The molecule has 18 heavy (non-hydrogen) atoms. The van der Waals surface area contributed by atoms with Crippen LogP contribution in [0.3, 0.4) is 0 Å². The van der Waals surface area contributed by atoms with Gasteiger partial charge in [-0.25, -0.2) is 4.68 Å². The summed E-state index contributed by atoms with van der Waals surface area (Å²) in [6, 6.07) is 7.52. The molecule has 0 N–H and O–H groups in total. The van der Waals surface area contributed by atoms with Crippen molar-refractivity contribution < 1.29 is 9.53 Å². The number of nitrogens with zero attached hydrogens (tertiary/aromatic N) is 3. The highest BCUT2D eigenvalue weighted by molar-refractivity contribution is 5.93. The van der Waals surface area contributed by atoms with Gasteiger partial charge in [0.15, 0.2) is 5.75 Å².